The number of carbonyl (C=O) groups excluding carboxylic acids is 1. The van der Waals surface area contributed by atoms with Crippen molar-refractivity contribution >= 4 is 23.2 Å². The zero-order chi connectivity index (χ0) is 25.2. The summed E-state index contributed by atoms with van der Waals surface area (Å²) < 4.78 is 3.56. The van der Waals surface area contributed by atoms with Crippen molar-refractivity contribution < 1.29 is 9.90 Å². The number of nitrogens with zero attached hydrogens (tertiary/aromatic N) is 7. The number of aliphatic hydroxyl groups excluding tert-OH is 1. The third-order valence-electron chi connectivity index (χ3n) is 6.30. The molecule has 1 amide bonds. The van der Waals surface area contributed by atoms with Gasteiger partial charge >= 0.3 is 0 Å². The zero-order valence-corrected chi connectivity index (χ0v) is 20.4. The van der Waals surface area contributed by atoms with E-state index < -0.39 is 6.10 Å². The lowest BCUT2D eigenvalue weighted by atomic mass is 10.1. The largest absolute Gasteiger partial charge is 0.384 e. The molecule has 3 aromatic heterocycles. The summed E-state index contributed by atoms with van der Waals surface area (Å²) in [6, 6.07) is 13.8. The van der Waals surface area contributed by atoms with Crippen molar-refractivity contribution in [2.24, 2.45) is 0 Å². The number of amides is 1. The molecule has 1 aliphatic heterocycles. The molecule has 4 aromatic rings. The minimum absolute atomic E-state index is 0.0187. The number of hydrogen-bond acceptors (Lipinski definition) is 7. The molecule has 9 nitrogen and oxygen atoms in total. The van der Waals surface area contributed by atoms with Gasteiger partial charge in [0.1, 0.15) is 18.2 Å². The van der Waals surface area contributed by atoms with Crippen LogP contribution in [-0.4, -0.2) is 54.5 Å². The summed E-state index contributed by atoms with van der Waals surface area (Å²) in [4.78, 5) is 15.6. The van der Waals surface area contributed by atoms with Crippen LogP contribution in [0.2, 0.25) is 0 Å². The van der Waals surface area contributed by atoms with Gasteiger partial charge in [-0.2, -0.15) is 20.7 Å². The molecule has 1 N–H and O–H groups in total. The second-order valence-corrected chi connectivity index (χ2v) is 9.82. The van der Waals surface area contributed by atoms with Gasteiger partial charge in [-0.25, -0.2) is 4.52 Å². The van der Waals surface area contributed by atoms with Gasteiger partial charge in [0, 0.05) is 46.4 Å². The summed E-state index contributed by atoms with van der Waals surface area (Å²) in [5.74, 6) is -0.260. The first-order valence-corrected chi connectivity index (χ1v) is 12.4. The van der Waals surface area contributed by atoms with Gasteiger partial charge in [0.2, 0.25) is 0 Å². The highest BCUT2D eigenvalue weighted by molar-refractivity contribution is 7.99. The summed E-state index contributed by atoms with van der Waals surface area (Å²) in [6.07, 6.45) is 7.85. The van der Waals surface area contributed by atoms with E-state index in [0.29, 0.717) is 29.7 Å². The lowest BCUT2D eigenvalue weighted by Gasteiger charge is -2.33. The van der Waals surface area contributed by atoms with Crippen LogP contribution >= 0.6 is 11.8 Å². The highest BCUT2D eigenvalue weighted by Gasteiger charge is 2.27. The standard InChI is InChI=1S/C26H23N7O2S/c1-17(34)26(35)31-8-4-6-22(16-31)32-15-21(13-29-32)19-9-24(25-20(11-28)12-30-33(25)14-19)36-23-7-3-2-5-18(23)10-27/h2-3,5,7,9,12-15,17,22,34H,4,6,8,16H2,1H3/t17-,22-/m0/s1. The van der Waals surface area contributed by atoms with Gasteiger partial charge in [-0.1, -0.05) is 23.9 Å². The molecular weight excluding hydrogens is 474 g/mol. The fourth-order valence-corrected chi connectivity index (χ4v) is 5.58. The number of carbonyl (C=O) groups is 1. The molecule has 2 atom stereocenters. The topological polar surface area (TPSA) is 123 Å². The first-order valence-electron chi connectivity index (χ1n) is 11.6. The molecule has 0 aliphatic carbocycles. The van der Waals surface area contributed by atoms with E-state index in [1.807, 2.05) is 41.3 Å². The van der Waals surface area contributed by atoms with E-state index in [-0.39, 0.29) is 11.9 Å². The minimum atomic E-state index is -1.02. The number of aliphatic hydroxyl groups is 1. The van der Waals surface area contributed by atoms with Gasteiger partial charge in [-0.15, -0.1) is 0 Å². The SMILES string of the molecule is C[C@H](O)C(=O)N1CCC[C@H](n2cc(-c3cc(Sc4ccccc4C#N)c4c(C#N)cnn4c3)cn2)C1. The number of nitriles is 2. The maximum absolute atomic E-state index is 12.3. The first-order chi connectivity index (χ1) is 17.5. The molecule has 0 unspecified atom stereocenters. The summed E-state index contributed by atoms with van der Waals surface area (Å²) in [7, 11) is 0. The van der Waals surface area contributed by atoms with Crippen molar-refractivity contribution in [1.29, 1.82) is 10.5 Å². The molecule has 1 aromatic carbocycles. The van der Waals surface area contributed by atoms with Crippen LogP contribution in [-0.2, 0) is 4.79 Å². The van der Waals surface area contributed by atoms with Crippen LogP contribution in [0.15, 0.2) is 64.9 Å². The fraction of sp³-hybridized carbons (Fsp3) is 0.269. The van der Waals surface area contributed by atoms with Crippen LogP contribution in [0.3, 0.4) is 0 Å². The molecule has 36 heavy (non-hydrogen) atoms. The minimum Gasteiger partial charge on any atom is -0.384 e. The smallest absolute Gasteiger partial charge is 0.251 e. The molecule has 1 fully saturated rings. The van der Waals surface area contributed by atoms with Crippen LogP contribution in [0.1, 0.15) is 36.9 Å². The van der Waals surface area contributed by atoms with Crippen molar-refractivity contribution in [3.8, 4) is 23.3 Å². The van der Waals surface area contributed by atoms with Gasteiger partial charge in [-0.05, 0) is 38.0 Å². The number of fused-ring (bicyclic) bond motifs is 1. The Labute approximate surface area is 212 Å². The molecule has 1 aliphatic rings. The van der Waals surface area contributed by atoms with Gasteiger partial charge in [0.05, 0.1) is 35.1 Å². The number of pyridine rings is 1. The molecule has 0 saturated carbocycles. The lowest BCUT2D eigenvalue weighted by molar-refractivity contribution is -0.141. The fourth-order valence-electron chi connectivity index (χ4n) is 4.49. The Bertz CT molecular complexity index is 1530. The molecule has 0 spiro atoms. The van der Waals surface area contributed by atoms with E-state index in [1.165, 1.54) is 18.7 Å². The highest BCUT2D eigenvalue weighted by Crippen LogP contribution is 2.37. The second kappa shape index (κ2) is 9.86. The number of piperidine rings is 1. The van der Waals surface area contributed by atoms with Gasteiger partial charge in [0.15, 0.2) is 0 Å². The highest BCUT2D eigenvalue weighted by atomic mass is 32.2. The van der Waals surface area contributed by atoms with Crippen LogP contribution < -0.4 is 0 Å². The Morgan fingerprint density at radius 2 is 1.92 bits per heavy atom. The maximum atomic E-state index is 12.3. The monoisotopic (exact) mass is 497 g/mol. The zero-order valence-electron chi connectivity index (χ0n) is 19.6. The number of likely N-dealkylation sites (tertiary alicyclic amines) is 1. The number of aromatic nitrogens is 4. The normalized spacial score (nSPS) is 16.4. The quantitative estimate of drug-likeness (QED) is 0.446. The van der Waals surface area contributed by atoms with E-state index in [4.69, 9.17) is 0 Å². The summed E-state index contributed by atoms with van der Waals surface area (Å²) >= 11 is 1.42. The van der Waals surface area contributed by atoms with Gasteiger partial charge < -0.3 is 10.0 Å². The van der Waals surface area contributed by atoms with E-state index in [0.717, 1.165) is 33.8 Å². The Kier molecular flexibility index (Phi) is 6.47. The van der Waals surface area contributed by atoms with Crippen LogP contribution in [0.25, 0.3) is 16.6 Å². The molecule has 0 bridgehead atoms. The number of benzene rings is 1. The van der Waals surface area contributed by atoms with Crippen LogP contribution in [0.4, 0.5) is 0 Å². The van der Waals surface area contributed by atoms with Crippen molar-refractivity contribution in [2.45, 2.75) is 41.7 Å². The Morgan fingerprint density at radius 1 is 1.11 bits per heavy atom. The van der Waals surface area contributed by atoms with Gasteiger partial charge in [0.25, 0.3) is 5.91 Å². The Hall–Kier alpha value is -4.12. The van der Waals surface area contributed by atoms with E-state index in [1.54, 1.807) is 27.9 Å². The van der Waals surface area contributed by atoms with Crippen molar-refractivity contribution in [2.75, 3.05) is 13.1 Å². The average Bonchev–Trinajstić information content (AvgIpc) is 3.56. The lowest BCUT2D eigenvalue weighted by Crippen LogP contribution is -2.44. The summed E-state index contributed by atoms with van der Waals surface area (Å²) in [5.41, 5.74) is 3.45. The third-order valence-corrected chi connectivity index (χ3v) is 7.41. The molecule has 1 saturated heterocycles. The van der Waals surface area contributed by atoms with E-state index in [9.17, 15) is 20.4 Å². The first kappa shape index (κ1) is 23.6. The van der Waals surface area contributed by atoms with Crippen LogP contribution in [0.5, 0.6) is 0 Å². The van der Waals surface area contributed by atoms with Crippen molar-refractivity contribution in [3.05, 3.63) is 66.2 Å². The predicted molar refractivity (Wildman–Crippen MR) is 133 cm³/mol. The molecule has 4 heterocycles. The van der Waals surface area contributed by atoms with Crippen LogP contribution in [0, 0.1) is 22.7 Å². The van der Waals surface area contributed by atoms with E-state index in [2.05, 4.69) is 22.3 Å². The predicted octanol–water partition coefficient (Wildman–Crippen LogP) is 3.64. The number of rotatable bonds is 5. The average molecular weight is 498 g/mol. The maximum Gasteiger partial charge on any atom is 0.251 e. The molecule has 0 radical (unpaired) electrons. The Morgan fingerprint density at radius 3 is 2.69 bits per heavy atom. The molecule has 180 valence electrons. The van der Waals surface area contributed by atoms with Gasteiger partial charge in [-0.3, -0.25) is 9.48 Å². The third kappa shape index (κ3) is 4.44. The van der Waals surface area contributed by atoms with E-state index >= 15 is 0 Å². The Balaban J connectivity index is 1.50. The second-order valence-electron chi connectivity index (χ2n) is 8.73. The molecule has 5 rings (SSSR count). The summed E-state index contributed by atoms with van der Waals surface area (Å²) in [6.45, 7) is 2.63. The summed E-state index contributed by atoms with van der Waals surface area (Å²) in [5, 5.41) is 37.8. The number of hydrogen-bond donors (Lipinski definition) is 1. The molecule has 10 heteroatoms. The van der Waals surface area contributed by atoms with Crippen molar-refractivity contribution in [3.63, 3.8) is 0 Å². The van der Waals surface area contributed by atoms with Crippen molar-refractivity contribution in [1.82, 2.24) is 24.3 Å². The molecular formula is C26H23N7O2S.